The molecule has 1 heterocycles. The molecular formula is C8H12N2O. The molecule has 2 N–H and O–H groups in total. The minimum Gasteiger partial charge on any atom is -0.392 e. The molecule has 0 radical (unpaired) electrons. The van der Waals surface area contributed by atoms with Gasteiger partial charge in [0.25, 0.3) is 0 Å². The molecule has 11 heavy (non-hydrogen) atoms. The van der Waals surface area contributed by atoms with Gasteiger partial charge in [0.05, 0.1) is 6.10 Å². The molecule has 0 saturated heterocycles. The molecule has 2 rings (SSSR count). The summed E-state index contributed by atoms with van der Waals surface area (Å²) in [5, 5.41) is 16.3. The average Bonchev–Trinajstić information content (AvgIpc) is 2.55. The molecule has 0 spiro atoms. The first kappa shape index (κ1) is 6.85. The number of aliphatic hydroxyl groups excluding tert-OH is 1. The number of nitrogens with zero attached hydrogens (tertiary/aromatic N) is 1. The van der Waals surface area contributed by atoms with Gasteiger partial charge in [0.2, 0.25) is 0 Å². The van der Waals surface area contributed by atoms with Gasteiger partial charge in [-0.2, -0.15) is 5.10 Å². The van der Waals surface area contributed by atoms with Gasteiger partial charge in [0, 0.05) is 17.8 Å². The fourth-order valence-corrected chi connectivity index (χ4v) is 1.78. The zero-order chi connectivity index (χ0) is 7.68. The summed E-state index contributed by atoms with van der Waals surface area (Å²) >= 11 is 0. The highest BCUT2D eigenvalue weighted by Crippen LogP contribution is 2.32. The van der Waals surface area contributed by atoms with E-state index in [-0.39, 0.29) is 6.10 Å². The third kappa shape index (κ3) is 1.16. The van der Waals surface area contributed by atoms with Crippen LogP contribution in [0.5, 0.6) is 0 Å². The minimum atomic E-state index is -0.157. The van der Waals surface area contributed by atoms with Crippen LogP contribution in [0, 0.1) is 0 Å². The normalized spacial score (nSPS) is 31.0. The van der Waals surface area contributed by atoms with Crippen LogP contribution in [-0.4, -0.2) is 21.4 Å². The summed E-state index contributed by atoms with van der Waals surface area (Å²) in [6.45, 7) is 0. The van der Waals surface area contributed by atoms with Gasteiger partial charge in [-0.05, 0) is 18.9 Å². The lowest BCUT2D eigenvalue weighted by atomic mass is 10.0. The van der Waals surface area contributed by atoms with Gasteiger partial charge < -0.3 is 5.11 Å². The Morgan fingerprint density at radius 1 is 1.55 bits per heavy atom. The second-order valence-electron chi connectivity index (χ2n) is 3.12. The van der Waals surface area contributed by atoms with E-state index in [0.717, 1.165) is 25.0 Å². The number of hydrogen-bond donors (Lipinski definition) is 2. The molecule has 1 fully saturated rings. The van der Waals surface area contributed by atoms with Crippen molar-refractivity contribution in [3.8, 4) is 0 Å². The highest BCUT2D eigenvalue weighted by atomic mass is 16.3. The summed E-state index contributed by atoms with van der Waals surface area (Å²) in [6, 6.07) is 1.94. The number of hydrogen-bond acceptors (Lipinski definition) is 2. The Kier molecular flexibility index (Phi) is 1.66. The average molecular weight is 152 g/mol. The summed E-state index contributed by atoms with van der Waals surface area (Å²) in [7, 11) is 0. The lowest BCUT2D eigenvalue weighted by Crippen LogP contribution is -2.11. The third-order valence-electron chi connectivity index (χ3n) is 2.40. The smallest absolute Gasteiger partial charge is 0.0623 e. The summed E-state index contributed by atoms with van der Waals surface area (Å²) in [4.78, 5) is 0. The summed E-state index contributed by atoms with van der Waals surface area (Å²) < 4.78 is 0. The Morgan fingerprint density at radius 2 is 2.45 bits per heavy atom. The highest BCUT2D eigenvalue weighted by molar-refractivity contribution is 5.09. The quantitative estimate of drug-likeness (QED) is 0.631. The van der Waals surface area contributed by atoms with Crippen LogP contribution in [-0.2, 0) is 0 Å². The van der Waals surface area contributed by atoms with Crippen molar-refractivity contribution < 1.29 is 5.11 Å². The van der Waals surface area contributed by atoms with Crippen molar-refractivity contribution in [3.05, 3.63) is 18.0 Å². The molecular weight excluding hydrogens is 140 g/mol. The maximum atomic E-state index is 9.51. The minimum absolute atomic E-state index is 0.157. The topological polar surface area (TPSA) is 48.9 Å². The van der Waals surface area contributed by atoms with Crippen LogP contribution in [0.2, 0.25) is 0 Å². The highest BCUT2D eigenvalue weighted by Gasteiger charge is 2.27. The van der Waals surface area contributed by atoms with Crippen molar-refractivity contribution in [2.24, 2.45) is 0 Å². The number of aromatic nitrogens is 2. The summed E-state index contributed by atoms with van der Waals surface area (Å²) in [6.07, 6.45) is 4.73. The van der Waals surface area contributed by atoms with E-state index < -0.39 is 0 Å². The van der Waals surface area contributed by atoms with E-state index in [0.29, 0.717) is 5.92 Å². The molecule has 0 aliphatic heterocycles. The van der Waals surface area contributed by atoms with Crippen LogP contribution in [0.1, 0.15) is 30.9 Å². The molecule has 3 nitrogen and oxygen atoms in total. The predicted octanol–water partition coefficient (Wildman–Crippen LogP) is 1.04. The molecule has 1 aliphatic carbocycles. The number of rotatable bonds is 1. The molecule has 1 saturated carbocycles. The SMILES string of the molecule is O[C@@H]1CCC[C@H]1c1ccn[nH]1. The molecule has 2 atom stereocenters. The third-order valence-corrected chi connectivity index (χ3v) is 2.40. The molecule has 3 heteroatoms. The standard InChI is InChI=1S/C8H12N2O/c11-8-3-1-2-6(8)7-4-5-9-10-7/h4-6,8,11H,1-3H2,(H,9,10)/t6-,8+/m0/s1. The number of H-pyrrole nitrogens is 1. The second kappa shape index (κ2) is 2.66. The van der Waals surface area contributed by atoms with E-state index in [9.17, 15) is 5.11 Å². The fraction of sp³-hybridized carbons (Fsp3) is 0.625. The predicted molar refractivity (Wildman–Crippen MR) is 41.2 cm³/mol. The first-order valence-corrected chi connectivity index (χ1v) is 4.05. The van der Waals surface area contributed by atoms with Gasteiger partial charge in [0.15, 0.2) is 0 Å². The van der Waals surface area contributed by atoms with Crippen LogP contribution in [0.3, 0.4) is 0 Å². The second-order valence-corrected chi connectivity index (χ2v) is 3.12. The van der Waals surface area contributed by atoms with Crippen molar-refractivity contribution in [1.82, 2.24) is 10.2 Å². The molecule has 0 unspecified atom stereocenters. The van der Waals surface area contributed by atoms with Crippen LogP contribution in [0.4, 0.5) is 0 Å². The lowest BCUT2D eigenvalue weighted by molar-refractivity contribution is 0.162. The first-order chi connectivity index (χ1) is 5.38. The Hall–Kier alpha value is -0.830. The zero-order valence-electron chi connectivity index (χ0n) is 6.33. The van der Waals surface area contributed by atoms with E-state index in [1.54, 1.807) is 6.20 Å². The molecule has 0 aromatic carbocycles. The Bertz CT molecular complexity index is 220. The van der Waals surface area contributed by atoms with Crippen molar-refractivity contribution in [1.29, 1.82) is 0 Å². The van der Waals surface area contributed by atoms with Crippen molar-refractivity contribution in [3.63, 3.8) is 0 Å². The summed E-state index contributed by atoms with van der Waals surface area (Å²) in [5.74, 6) is 0.303. The summed E-state index contributed by atoms with van der Waals surface area (Å²) in [5.41, 5.74) is 1.08. The zero-order valence-corrected chi connectivity index (χ0v) is 6.33. The number of aliphatic hydroxyl groups is 1. The monoisotopic (exact) mass is 152 g/mol. The van der Waals surface area contributed by atoms with E-state index >= 15 is 0 Å². The largest absolute Gasteiger partial charge is 0.392 e. The van der Waals surface area contributed by atoms with Gasteiger partial charge in [-0.1, -0.05) is 6.42 Å². The van der Waals surface area contributed by atoms with Crippen LogP contribution in [0.25, 0.3) is 0 Å². The van der Waals surface area contributed by atoms with E-state index in [2.05, 4.69) is 10.2 Å². The Labute approximate surface area is 65.4 Å². The molecule has 0 amide bonds. The molecule has 1 aromatic heterocycles. The van der Waals surface area contributed by atoms with Crippen molar-refractivity contribution >= 4 is 0 Å². The number of aromatic amines is 1. The maximum absolute atomic E-state index is 9.51. The van der Waals surface area contributed by atoms with Gasteiger partial charge in [-0.3, -0.25) is 5.10 Å². The maximum Gasteiger partial charge on any atom is 0.0623 e. The van der Waals surface area contributed by atoms with Crippen LogP contribution in [0.15, 0.2) is 12.3 Å². The fourth-order valence-electron chi connectivity index (χ4n) is 1.78. The molecule has 1 aliphatic rings. The van der Waals surface area contributed by atoms with Gasteiger partial charge >= 0.3 is 0 Å². The number of nitrogens with one attached hydrogen (secondary N) is 1. The Morgan fingerprint density at radius 3 is 3.00 bits per heavy atom. The van der Waals surface area contributed by atoms with Crippen LogP contribution < -0.4 is 0 Å². The van der Waals surface area contributed by atoms with E-state index in [1.807, 2.05) is 6.07 Å². The van der Waals surface area contributed by atoms with E-state index in [1.165, 1.54) is 0 Å². The first-order valence-electron chi connectivity index (χ1n) is 4.05. The Balaban J connectivity index is 2.16. The van der Waals surface area contributed by atoms with Crippen molar-refractivity contribution in [2.75, 3.05) is 0 Å². The molecule has 0 bridgehead atoms. The van der Waals surface area contributed by atoms with Gasteiger partial charge in [-0.25, -0.2) is 0 Å². The van der Waals surface area contributed by atoms with Crippen LogP contribution >= 0.6 is 0 Å². The molecule has 1 aromatic rings. The lowest BCUT2D eigenvalue weighted by Gasteiger charge is -2.10. The molecule has 60 valence electrons. The van der Waals surface area contributed by atoms with Gasteiger partial charge in [-0.15, -0.1) is 0 Å². The van der Waals surface area contributed by atoms with Crippen molar-refractivity contribution in [2.45, 2.75) is 31.3 Å². The van der Waals surface area contributed by atoms with E-state index in [4.69, 9.17) is 0 Å². The van der Waals surface area contributed by atoms with Gasteiger partial charge in [0.1, 0.15) is 0 Å².